The summed E-state index contributed by atoms with van der Waals surface area (Å²) < 4.78 is 44.5. The molecule has 2 aliphatic rings. The van der Waals surface area contributed by atoms with Gasteiger partial charge in [0.25, 0.3) is 0 Å². The maximum atomic E-state index is 14.0. The van der Waals surface area contributed by atoms with E-state index in [1.54, 1.807) is 11.1 Å². The van der Waals surface area contributed by atoms with Crippen molar-refractivity contribution in [2.24, 2.45) is 13.0 Å². The molecule has 7 nitrogen and oxygen atoms in total. The van der Waals surface area contributed by atoms with E-state index in [4.69, 9.17) is 0 Å². The van der Waals surface area contributed by atoms with E-state index in [0.29, 0.717) is 13.0 Å². The Morgan fingerprint density at radius 1 is 1.10 bits per heavy atom. The highest BCUT2D eigenvalue weighted by atomic mass is 32.2. The number of nitrogens with one attached hydrogen (secondary N) is 1. The van der Waals surface area contributed by atoms with E-state index < -0.39 is 21.9 Å². The van der Waals surface area contributed by atoms with E-state index in [9.17, 15) is 17.6 Å². The molecule has 0 radical (unpaired) electrons. The third-order valence-electron chi connectivity index (χ3n) is 8.00. The fourth-order valence-corrected chi connectivity index (χ4v) is 6.92. The lowest BCUT2D eigenvalue weighted by Gasteiger charge is -2.29. The number of amides is 1. The molecule has 4 aromatic rings. The first kappa shape index (κ1) is 26.4. The molecule has 1 saturated carbocycles. The van der Waals surface area contributed by atoms with Crippen molar-refractivity contribution in [3.63, 3.8) is 0 Å². The fourth-order valence-electron chi connectivity index (χ4n) is 5.67. The predicted octanol–water partition coefficient (Wildman–Crippen LogP) is 5.25. The van der Waals surface area contributed by atoms with Crippen molar-refractivity contribution in [2.75, 3.05) is 4.90 Å². The number of aryl methyl sites for hydroxylation is 2. The zero-order valence-electron chi connectivity index (χ0n) is 22.2. The van der Waals surface area contributed by atoms with Gasteiger partial charge in [-0.1, -0.05) is 36.4 Å². The van der Waals surface area contributed by atoms with Gasteiger partial charge in [0.2, 0.25) is 15.9 Å². The van der Waals surface area contributed by atoms with E-state index in [-0.39, 0.29) is 22.6 Å². The summed E-state index contributed by atoms with van der Waals surface area (Å²) in [6.07, 6.45) is 6.66. The minimum absolute atomic E-state index is 0.0180. The number of imidazole rings is 1. The number of anilines is 1. The number of hydrogen-bond donors (Lipinski definition) is 1. The summed E-state index contributed by atoms with van der Waals surface area (Å²) in [7, 11) is -1.96. The number of fused-ring (bicyclic) bond motifs is 1. The third kappa shape index (κ3) is 5.31. The first-order valence-electron chi connectivity index (χ1n) is 13.5. The van der Waals surface area contributed by atoms with E-state index >= 15 is 0 Å². The number of benzene rings is 3. The molecule has 0 aliphatic heterocycles. The Labute approximate surface area is 233 Å². The molecule has 3 aromatic carbocycles. The molecular formula is C31H31FN4O3S. The van der Waals surface area contributed by atoms with Gasteiger partial charge in [-0.15, -0.1) is 0 Å². The Bertz CT molecular complexity index is 1640. The summed E-state index contributed by atoms with van der Waals surface area (Å²) >= 11 is 0. The van der Waals surface area contributed by atoms with Gasteiger partial charge in [-0.3, -0.25) is 4.79 Å². The van der Waals surface area contributed by atoms with Crippen molar-refractivity contribution < 1.29 is 17.6 Å². The number of halogens is 1. The number of hydrogen-bond acceptors (Lipinski definition) is 4. The van der Waals surface area contributed by atoms with Gasteiger partial charge in [0.1, 0.15) is 11.6 Å². The quantitative estimate of drug-likeness (QED) is 0.320. The summed E-state index contributed by atoms with van der Waals surface area (Å²) in [6.45, 7) is 0.311. The molecule has 206 valence electrons. The van der Waals surface area contributed by atoms with Crippen LogP contribution in [0.1, 0.15) is 53.7 Å². The van der Waals surface area contributed by atoms with Crippen LogP contribution in [-0.2, 0) is 34.8 Å². The molecule has 1 N–H and O–H groups in total. The van der Waals surface area contributed by atoms with Crippen LogP contribution in [0.25, 0.3) is 0 Å². The van der Waals surface area contributed by atoms with Gasteiger partial charge in [-0.2, -0.15) is 0 Å². The van der Waals surface area contributed by atoms with Gasteiger partial charge >= 0.3 is 0 Å². The van der Waals surface area contributed by atoms with Crippen LogP contribution >= 0.6 is 0 Å². The maximum absolute atomic E-state index is 14.0. The Kier molecular flexibility index (Phi) is 7.02. The van der Waals surface area contributed by atoms with E-state index in [1.807, 2.05) is 54.2 Å². The van der Waals surface area contributed by atoms with Gasteiger partial charge in [-0.25, -0.2) is 22.5 Å². The molecule has 3 unspecified atom stereocenters. The molecule has 9 heteroatoms. The lowest BCUT2D eigenvalue weighted by molar-refractivity contribution is -0.120. The molecule has 1 amide bonds. The van der Waals surface area contributed by atoms with Crippen molar-refractivity contribution in [1.82, 2.24) is 14.3 Å². The molecule has 0 bridgehead atoms. The average Bonchev–Trinajstić information content (AvgIpc) is 3.66. The molecule has 3 atom stereocenters. The van der Waals surface area contributed by atoms with Crippen LogP contribution in [-0.4, -0.2) is 23.9 Å². The molecular weight excluding hydrogens is 527 g/mol. The zero-order chi connectivity index (χ0) is 27.9. The van der Waals surface area contributed by atoms with Crippen LogP contribution in [0.4, 0.5) is 10.1 Å². The van der Waals surface area contributed by atoms with E-state index in [0.717, 1.165) is 54.0 Å². The van der Waals surface area contributed by atoms with Crippen molar-refractivity contribution in [1.29, 1.82) is 0 Å². The second-order valence-corrected chi connectivity index (χ2v) is 12.4. The van der Waals surface area contributed by atoms with Gasteiger partial charge in [0.15, 0.2) is 0 Å². The third-order valence-corrected chi connectivity index (χ3v) is 9.49. The molecule has 2 aliphatic carbocycles. The van der Waals surface area contributed by atoms with Crippen molar-refractivity contribution in [3.8, 4) is 0 Å². The minimum Gasteiger partial charge on any atom is -0.337 e. The SMILES string of the molecule is Cn1ccnc1CN(C(=O)C1CC1c1ccccc1)c1ccc2c(c1)C(NS(=O)(=O)c1ccc(F)cc1)CCC2. The Balaban J connectivity index is 1.31. The monoisotopic (exact) mass is 558 g/mol. The number of carbonyl (C=O) groups is 1. The normalized spacial score (nSPS) is 20.1. The molecule has 1 aromatic heterocycles. The van der Waals surface area contributed by atoms with Gasteiger partial charge < -0.3 is 9.47 Å². The number of nitrogens with zero attached hydrogens (tertiary/aromatic N) is 3. The highest BCUT2D eigenvalue weighted by molar-refractivity contribution is 7.89. The lowest BCUT2D eigenvalue weighted by atomic mass is 9.87. The van der Waals surface area contributed by atoms with Crippen molar-refractivity contribution in [3.05, 3.63) is 114 Å². The second-order valence-electron chi connectivity index (χ2n) is 10.6. The van der Waals surface area contributed by atoms with Gasteiger partial charge in [0, 0.05) is 37.1 Å². The fraction of sp³-hybridized carbons (Fsp3) is 0.290. The second kappa shape index (κ2) is 10.6. The summed E-state index contributed by atoms with van der Waals surface area (Å²) in [6, 6.07) is 20.4. The molecule has 0 spiro atoms. The van der Waals surface area contributed by atoms with E-state index in [1.165, 1.54) is 17.7 Å². The van der Waals surface area contributed by atoms with Crippen molar-refractivity contribution in [2.45, 2.75) is 49.1 Å². The molecule has 1 heterocycles. The van der Waals surface area contributed by atoms with Gasteiger partial charge in [-0.05, 0) is 84.7 Å². The highest BCUT2D eigenvalue weighted by Gasteiger charge is 2.46. The average molecular weight is 559 g/mol. The standard InChI is InChI=1S/C31H31FN4O3S/c1-35-17-16-33-30(35)20-36(31(37)28-19-26(28)21-6-3-2-4-7-21)24-13-10-22-8-5-9-29(27(22)18-24)34-40(38,39)25-14-11-23(32)12-15-25/h2-4,6-7,10-18,26,28-29,34H,5,8-9,19-20H2,1H3. The largest absolute Gasteiger partial charge is 0.337 e. The number of sulfonamides is 1. The molecule has 40 heavy (non-hydrogen) atoms. The first-order chi connectivity index (χ1) is 19.3. The zero-order valence-corrected chi connectivity index (χ0v) is 23.0. The van der Waals surface area contributed by atoms with Crippen LogP contribution < -0.4 is 9.62 Å². The Morgan fingerprint density at radius 3 is 2.60 bits per heavy atom. The summed E-state index contributed by atoms with van der Waals surface area (Å²) in [5.74, 6) is 0.374. The molecule has 1 fully saturated rings. The summed E-state index contributed by atoms with van der Waals surface area (Å²) in [5.41, 5.74) is 3.80. The Hall–Kier alpha value is -3.82. The molecule has 0 saturated heterocycles. The smallest absolute Gasteiger partial charge is 0.241 e. The minimum atomic E-state index is -3.87. The van der Waals surface area contributed by atoms with E-state index in [2.05, 4.69) is 21.8 Å². The van der Waals surface area contributed by atoms with Crippen LogP contribution in [0, 0.1) is 11.7 Å². The first-order valence-corrected chi connectivity index (χ1v) is 15.0. The van der Waals surface area contributed by atoms with Crippen molar-refractivity contribution >= 4 is 21.6 Å². The topological polar surface area (TPSA) is 84.3 Å². The number of carbonyl (C=O) groups excluding carboxylic acids is 1. The van der Waals surface area contributed by atoms with Crippen LogP contribution in [0.2, 0.25) is 0 Å². The maximum Gasteiger partial charge on any atom is 0.241 e. The lowest BCUT2D eigenvalue weighted by Crippen LogP contribution is -2.34. The van der Waals surface area contributed by atoms with Crippen LogP contribution in [0.15, 0.2) is 90.1 Å². The number of aromatic nitrogens is 2. The van der Waals surface area contributed by atoms with Gasteiger partial charge in [0.05, 0.1) is 11.4 Å². The highest BCUT2D eigenvalue weighted by Crippen LogP contribution is 2.49. The van der Waals surface area contributed by atoms with Crippen LogP contribution in [0.3, 0.4) is 0 Å². The predicted molar refractivity (Wildman–Crippen MR) is 151 cm³/mol. The summed E-state index contributed by atoms with van der Waals surface area (Å²) in [5, 5.41) is 0. The number of rotatable bonds is 8. The molecule has 6 rings (SSSR count). The summed E-state index contributed by atoms with van der Waals surface area (Å²) in [4.78, 5) is 20.2. The van der Waals surface area contributed by atoms with Crippen LogP contribution in [0.5, 0.6) is 0 Å². The Morgan fingerprint density at radius 2 is 1.88 bits per heavy atom.